The lowest BCUT2D eigenvalue weighted by atomic mass is 9.75. The third-order valence-electron chi connectivity index (χ3n) is 4.22. The van der Waals surface area contributed by atoms with Gasteiger partial charge in [0, 0.05) is 6.04 Å². The summed E-state index contributed by atoms with van der Waals surface area (Å²) in [4.78, 5) is 0. The molecule has 1 aromatic carbocycles. The first-order chi connectivity index (χ1) is 7.90. The summed E-state index contributed by atoms with van der Waals surface area (Å²) in [5.74, 6) is 0.287. The van der Waals surface area contributed by atoms with Crippen LogP contribution in [-0.2, 0) is 0 Å². The zero-order valence-electron chi connectivity index (χ0n) is 11.0. The van der Waals surface area contributed by atoms with E-state index in [1.807, 2.05) is 13.0 Å². The van der Waals surface area contributed by atoms with Gasteiger partial charge in [-0.1, -0.05) is 26.3 Å². The Morgan fingerprint density at radius 3 is 2.59 bits per heavy atom. The van der Waals surface area contributed by atoms with E-state index in [1.54, 1.807) is 12.1 Å². The molecule has 17 heavy (non-hydrogen) atoms. The number of aryl methyl sites for hydroxylation is 1. The van der Waals surface area contributed by atoms with Crippen LogP contribution in [0.1, 0.15) is 50.3 Å². The number of rotatable bonds is 2. The molecular formula is C15H22FN. The van der Waals surface area contributed by atoms with Crippen LogP contribution in [0.25, 0.3) is 0 Å². The second-order valence-electron chi connectivity index (χ2n) is 6.08. The van der Waals surface area contributed by atoms with E-state index in [4.69, 9.17) is 5.73 Å². The van der Waals surface area contributed by atoms with Gasteiger partial charge in [0.15, 0.2) is 0 Å². The normalized spacial score (nSPS) is 24.9. The fourth-order valence-corrected chi connectivity index (χ4v) is 3.21. The number of hydrogen-bond acceptors (Lipinski definition) is 1. The Morgan fingerprint density at radius 1 is 1.35 bits per heavy atom. The smallest absolute Gasteiger partial charge is 0.123 e. The molecular weight excluding hydrogens is 213 g/mol. The Kier molecular flexibility index (Phi) is 3.26. The molecule has 2 rings (SSSR count). The first kappa shape index (κ1) is 12.6. The fraction of sp³-hybridized carbons (Fsp3) is 0.600. The average Bonchev–Trinajstić information content (AvgIpc) is 2.55. The van der Waals surface area contributed by atoms with Gasteiger partial charge in [-0.2, -0.15) is 0 Å². The zero-order chi connectivity index (χ0) is 12.6. The van der Waals surface area contributed by atoms with E-state index >= 15 is 0 Å². The summed E-state index contributed by atoms with van der Waals surface area (Å²) >= 11 is 0. The molecule has 0 saturated heterocycles. The maximum absolute atomic E-state index is 13.4. The Morgan fingerprint density at radius 2 is 2.06 bits per heavy atom. The topological polar surface area (TPSA) is 26.0 Å². The minimum Gasteiger partial charge on any atom is -0.324 e. The number of benzene rings is 1. The highest BCUT2D eigenvalue weighted by Crippen LogP contribution is 2.47. The quantitative estimate of drug-likeness (QED) is 0.825. The molecule has 1 aromatic rings. The molecule has 2 N–H and O–H groups in total. The lowest BCUT2D eigenvalue weighted by Crippen LogP contribution is -2.29. The molecule has 0 aliphatic heterocycles. The Bertz CT molecular complexity index is 391. The minimum absolute atomic E-state index is 0.0399. The SMILES string of the molecule is Cc1cc(F)cc(C(N)C2CCCC2(C)C)c1. The molecule has 0 heterocycles. The standard InChI is InChI=1S/C15H22FN/c1-10-7-11(9-12(16)8-10)14(17)13-5-4-6-15(13,2)3/h7-9,13-14H,4-6,17H2,1-3H3. The van der Waals surface area contributed by atoms with Crippen molar-refractivity contribution in [2.75, 3.05) is 0 Å². The van der Waals surface area contributed by atoms with Crippen molar-refractivity contribution in [2.45, 2.75) is 46.1 Å². The lowest BCUT2D eigenvalue weighted by molar-refractivity contribution is 0.222. The second-order valence-corrected chi connectivity index (χ2v) is 6.08. The predicted octanol–water partition coefficient (Wildman–Crippen LogP) is 3.96. The summed E-state index contributed by atoms with van der Waals surface area (Å²) in [7, 11) is 0. The molecule has 0 radical (unpaired) electrons. The molecule has 94 valence electrons. The van der Waals surface area contributed by atoms with Gasteiger partial charge >= 0.3 is 0 Å². The maximum Gasteiger partial charge on any atom is 0.123 e. The van der Waals surface area contributed by atoms with Gasteiger partial charge in [-0.05, 0) is 54.4 Å². The molecule has 0 spiro atoms. The van der Waals surface area contributed by atoms with Crippen LogP contribution in [-0.4, -0.2) is 0 Å². The maximum atomic E-state index is 13.4. The monoisotopic (exact) mass is 235 g/mol. The van der Waals surface area contributed by atoms with E-state index in [9.17, 15) is 4.39 Å². The molecule has 2 unspecified atom stereocenters. The van der Waals surface area contributed by atoms with Crippen molar-refractivity contribution in [3.63, 3.8) is 0 Å². The molecule has 0 aromatic heterocycles. The first-order valence-electron chi connectivity index (χ1n) is 6.43. The van der Waals surface area contributed by atoms with Crippen molar-refractivity contribution in [1.82, 2.24) is 0 Å². The van der Waals surface area contributed by atoms with Crippen LogP contribution in [0.3, 0.4) is 0 Å². The Labute approximate surface area is 103 Å². The van der Waals surface area contributed by atoms with Gasteiger partial charge in [-0.3, -0.25) is 0 Å². The zero-order valence-corrected chi connectivity index (χ0v) is 11.0. The van der Waals surface area contributed by atoms with E-state index in [1.165, 1.54) is 12.8 Å². The third-order valence-corrected chi connectivity index (χ3v) is 4.22. The van der Waals surface area contributed by atoms with E-state index in [-0.39, 0.29) is 17.3 Å². The van der Waals surface area contributed by atoms with Crippen molar-refractivity contribution in [1.29, 1.82) is 0 Å². The number of halogens is 1. The molecule has 1 aliphatic rings. The summed E-state index contributed by atoms with van der Waals surface area (Å²) in [5.41, 5.74) is 8.52. The summed E-state index contributed by atoms with van der Waals surface area (Å²) < 4.78 is 13.4. The van der Waals surface area contributed by atoms with Gasteiger partial charge in [-0.25, -0.2) is 4.39 Å². The van der Waals surface area contributed by atoms with Gasteiger partial charge < -0.3 is 5.73 Å². The first-order valence-corrected chi connectivity index (χ1v) is 6.43. The van der Waals surface area contributed by atoms with E-state index in [2.05, 4.69) is 13.8 Å². The van der Waals surface area contributed by atoms with E-state index in [0.717, 1.165) is 17.5 Å². The van der Waals surface area contributed by atoms with Crippen LogP contribution >= 0.6 is 0 Å². The van der Waals surface area contributed by atoms with Crippen LogP contribution in [0.2, 0.25) is 0 Å². The molecule has 1 nitrogen and oxygen atoms in total. The van der Waals surface area contributed by atoms with Crippen molar-refractivity contribution in [3.05, 3.63) is 35.1 Å². The van der Waals surface area contributed by atoms with Crippen molar-refractivity contribution in [2.24, 2.45) is 17.1 Å². The van der Waals surface area contributed by atoms with Crippen molar-refractivity contribution in [3.8, 4) is 0 Å². The molecule has 0 bridgehead atoms. The van der Waals surface area contributed by atoms with Crippen molar-refractivity contribution >= 4 is 0 Å². The van der Waals surface area contributed by atoms with Crippen LogP contribution in [0.4, 0.5) is 4.39 Å². The summed E-state index contributed by atoms with van der Waals surface area (Å²) in [6.45, 7) is 6.46. The van der Waals surface area contributed by atoms with Gasteiger partial charge in [-0.15, -0.1) is 0 Å². The highest BCUT2D eigenvalue weighted by molar-refractivity contribution is 5.27. The molecule has 0 amide bonds. The minimum atomic E-state index is -0.175. The van der Waals surface area contributed by atoms with E-state index in [0.29, 0.717) is 5.92 Å². The van der Waals surface area contributed by atoms with Crippen LogP contribution in [0, 0.1) is 24.1 Å². The van der Waals surface area contributed by atoms with Gasteiger partial charge in [0.2, 0.25) is 0 Å². The highest BCUT2D eigenvalue weighted by Gasteiger charge is 2.38. The van der Waals surface area contributed by atoms with Gasteiger partial charge in [0.25, 0.3) is 0 Å². The summed E-state index contributed by atoms with van der Waals surface area (Å²) in [6, 6.07) is 5.12. The summed E-state index contributed by atoms with van der Waals surface area (Å²) in [5, 5.41) is 0. The molecule has 2 atom stereocenters. The van der Waals surface area contributed by atoms with Crippen LogP contribution < -0.4 is 5.73 Å². The van der Waals surface area contributed by atoms with Crippen LogP contribution in [0.15, 0.2) is 18.2 Å². The Balaban J connectivity index is 2.27. The Hall–Kier alpha value is -0.890. The lowest BCUT2D eigenvalue weighted by Gasteiger charge is -2.32. The number of hydrogen-bond donors (Lipinski definition) is 1. The number of nitrogens with two attached hydrogens (primary N) is 1. The van der Waals surface area contributed by atoms with Gasteiger partial charge in [0.1, 0.15) is 5.82 Å². The molecule has 1 aliphatic carbocycles. The van der Waals surface area contributed by atoms with E-state index < -0.39 is 0 Å². The third kappa shape index (κ3) is 2.52. The molecule has 1 saturated carbocycles. The highest BCUT2D eigenvalue weighted by atomic mass is 19.1. The largest absolute Gasteiger partial charge is 0.324 e. The van der Waals surface area contributed by atoms with Crippen molar-refractivity contribution < 1.29 is 4.39 Å². The fourth-order valence-electron chi connectivity index (χ4n) is 3.21. The van der Waals surface area contributed by atoms with Crippen LogP contribution in [0.5, 0.6) is 0 Å². The predicted molar refractivity (Wildman–Crippen MR) is 69.2 cm³/mol. The van der Waals surface area contributed by atoms with Gasteiger partial charge in [0.05, 0.1) is 0 Å². The summed E-state index contributed by atoms with van der Waals surface area (Å²) in [6.07, 6.45) is 3.61. The second kappa shape index (κ2) is 4.41. The molecule has 1 fully saturated rings. The average molecular weight is 235 g/mol. The molecule has 2 heteroatoms.